The van der Waals surface area contributed by atoms with E-state index in [2.05, 4.69) is 10.3 Å². The summed E-state index contributed by atoms with van der Waals surface area (Å²) in [6, 6.07) is 9.62. The van der Waals surface area contributed by atoms with Crippen LogP contribution in [-0.4, -0.2) is 18.2 Å². The first-order chi connectivity index (χ1) is 11.2. The highest BCUT2D eigenvalue weighted by Crippen LogP contribution is 2.27. The zero-order valence-corrected chi connectivity index (χ0v) is 14.4. The summed E-state index contributed by atoms with van der Waals surface area (Å²) >= 11 is 7.35. The number of carbonyl (C=O) groups excluding carboxylic acids is 1. The van der Waals surface area contributed by atoms with Gasteiger partial charge in [-0.05, 0) is 42.0 Å². The molecule has 0 saturated heterocycles. The fraction of sp³-hybridized carbons (Fsp3) is 0.333. The molecule has 1 aliphatic carbocycles. The van der Waals surface area contributed by atoms with Crippen LogP contribution in [0.3, 0.4) is 0 Å². The second-order valence-electron chi connectivity index (χ2n) is 5.76. The number of hydrogen-bond acceptors (Lipinski definition) is 3. The van der Waals surface area contributed by atoms with Gasteiger partial charge in [0, 0.05) is 17.3 Å². The topological polar surface area (TPSA) is 41.5 Å². The molecule has 2 aromatic rings. The van der Waals surface area contributed by atoms with Crippen molar-refractivity contribution in [3.05, 3.63) is 51.9 Å². The number of amides is 1. The third-order valence-electron chi connectivity index (χ3n) is 4.03. The number of aliphatic imine (C=N–C) groups is 1. The van der Waals surface area contributed by atoms with E-state index >= 15 is 0 Å². The van der Waals surface area contributed by atoms with Gasteiger partial charge in [-0.1, -0.05) is 43.0 Å². The zero-order valence-electron chi connectivity index (χ0n) is 12.8. The van der Waals surface area contributed by atoms with Crippen LogP contribution in [0.2, 0.25) is 5.02 Å². The summed E-state index contributed by atoms with van der Waals surface area (Å²) < 4.78 is 0. The Balaban J connectivity index is 1.68. The van der Waals surface area contributed by atoms with Gasteiger partial charge in [0.1, 0.15) is 5.00 Å². The summed E-state index contributed by atoms with van der Waals surface area (Å²) in [5.74, 6) is -0.0126. The van der Waals surface area contributed by atoms with E-state index in [1.165, 1.54) is 30.6 Å². The molecule has 0 aliphatic heterocycles. The minimum atomic E-state index is -0.0126. The van der Waals surface area contributed by atoms with Crippen molar-refractivity contribution in [2.45, 2.75) is 38.1 Å². The molecule has 0 radical (unpaired) electrons. The lowest BCUT2D eigenvalue weighted by molar-refractivity contribution is 0.0929. The van der Waals surface area contributed by atoms with Gasteiger partial charge < -0.3 is 5.32 Å². The standard InChI is InChI=1S/C18H19ClN2OS/c19-14-8-6-13(7-9-14)12-20-18-16(10-11-23-18)17(22)21-15-4-2-1-3-5-15/h6-12,15H,1-5H2,(H,21,22). The minimum Gasteiger partial charge on any atom is -0.349 e. The number of thiophene rings is 1. The van der Waals surface area contributed by atoms with Crippen LogP contribution in [0.5, 0.6) is 0 Å². The zero-order chi connectivity index (χ0) is 16.1. The maximum atomic E-state index is 12.5. The van der Waals surface area contributed by atoms with Gasteiger partial charge in [0.05, 0.1) is 5.56 Å². The molecule has 1 N–H and O–H groups in total. The molecular weight excluding hydrogens is 328 g/mol. The van der Waals surface area contributed by atoms with Crippen molar-refractivity contribution in [2.24, 2.45) is 4.99 Å². The number of halogens is 1. The van der Waals surface area contributed by atoms with Gasteiger partial charge in [-0.15, -0.1) is 11.3 Å². The molecule has 1 amide bonds. The maximum Gasteiger partial charge on any atom is 0.254 e. The van der Waals surface area contributed by atoms with Crippen LogP contribution >= 0.6 is 22.9 Å². The molecule has 1 aliphatic rings. The molecule has 120 valence electrons. The summed E-state index contributed by atoms with van der Waals surface area (Å²) in [5.41, 5.74) is 1.62. The van der Waals surface area contributed by atoms with Crippen molar-refractivity contribution in [1.29, 1.82) is 0 Å². The quantitative estimate of drug-likeness (QED) is 0.758. The molecule has 3 rings (SSSR count). The first kappa shape index (κ1) is 16.2. The van der Waals surface area contributed by atoms with Crippen LogP contribution in [0.4, 0.5) is 5.00 Å². The fourth-order valence-corrected chi connectivity index (χ4v) is 3.63. The van der Waals surface area contributed by atoms with Crippen LogP contribution in [0.15, 0.2) is 40.7 Å². The molecule has 1 fully saturated rings. The van der Waals surface area contributed by atoms with E-state index in [-0.39, 0.29) is 5.91 Å². The average Bonchev–Trinajstić information content (AvgIpc) is 3.04. The largest absolute Gasteiger partial charge is 0.349 e. The van der Waals surface area contributed by atoms with E-state index in [9.17, 15) is 4.79 Å². The summed E-state index contributed by atoms with van der Waals surface area (Å²) in [4.78, 5) is 16.9. The van der Waals surface area contributed by atoms with Crippen molar-refractivity contribution in [1.82, 2.24) is 5.32 Å². The molecular formula is C18H19ClN2OS. The van der Waals surface area contributed by atoms with E-state index in [0.29, 0.717) is 16.6 Å². The Bertz CT molecular complexity index is 687. The van der Waals surface area contributed by atoms with Gasteiger partial charge in [-0.3, -0.25) is 4.79 Å². The molecule has 0 spiro atoms. The van der Waals surface area contributed by atoms with Crippen LogP contribution < -0.4 is 5.32 Å². The number of nitrogens with one attached hydrogen (secondary N) is 1. The second kappa shape index (κ2) is 7.75. The molecule has 23 heavy (non-hydrogen) atoms. The lowest BCUT2D eigenvalue weighted by Crippen LogP contribution is -2.35. The second-order valence-corrected chi connectivity index (χ2v) is 7.09. The molecule has 0 bridgehead atoms. The lowest BCUT2D eigenvalue weighted by atomic mass is 9.95. The third kappa shape index (κ3) is 4.43. The Morgan fingerprint density at radius 3 is 2.65 bits per heavy atom. The van der Waals surface area contributed by atoms with Crippen molar-refractivity contribution in [3.8, 4) is 0 Å². The van der Waals surface area contributed by atoms with Crippen LogP contribution in [-0.2, 0) is 0 Å². The Morgan fingerprint density at radius 2 is 1.91 bits per heavy atom. The van der Waals surface area contributed by atoms with Crippen LogP contribution in [0.1, 0.15) is 48.0 Å². The number of benzene rings is 1. The van der Waals surface area contributed by atoms with Gasteiger partial charge in [0.2, 0.25) is 0 Å². The van der Waals surface area contributed by atoms with Crippen LogP contribution in [0.25, 0.3) is 0 Å². The number of nitrogens with zero attached hydrogens (tertiary/aromatic N) is 1. The fourth-order valence-electron chi connectivity index (χ4n) is 2.77. The summed E-state index contributed by atoms with van der Waals surface area (Å²) in [6.45, 7) is 0. The summed E-state index contributed by atoms with van der Waals surface area (Å²) in [6.07, 6.45) is 7.62. The van der Waals surface area contributed by atoms with Crippen LogP contribution in [0, 0.1) is 0 Å². The highest BCUT2D eigenvalue weighted by Gasteiger charge is 2.18. The SMILES string of the molecule is O=C(NC1CCCCC1)c1ccsc1N=Cc1ccc(Cl)cc1. The molecule has 0 unspecified atom stereocenters. The first-order valence-corrected chi connectivity index (χ1v) is 9.16. The molecule has 1 saturated carbocycles. The van der Waals surface area contributed by atoms with E-state index in [1.54, 1.807) is 6.21 Å². The van der Waals surface area contributed by atoms with E-state index in [4.69, 9.17) is 11.6 Å². The Kier molecular flexibility index (Phi) is 5.47. The van der Waals surface area contributed by atoms with Crippen molar-refractivity contribution in [2.75, 3.05) is 0 Å². The summed E-state index contributed by atoms with van der Waals surface area (Å²) in [5, 5.41) is 6.49. The maximum absolute atomic E-state index is 12.5. The monoisotopic (exact) mass is 346 g/mol. The Labute approximate surface area is 145 Å². The third-order valence-corrected chi connectivity index (χ3v) is 5.10. The highest BCUT2D eigenvalue weighted by atomic mass is 35.5. The van der Waals surface area contributed by atoms with Gasteiger partial charge in [-0.2, -0.15) is 0 Å². The van der Waals surface area contributed by atoms with Gasteiger partial charge in [0.15, 0.2) is 0 Å². The normalized spacial score (nSPS) is 15.9. The predicted octanol–water partition coefficient (Wildman–Crippen LogP) is 5.21. The Morgan fingerprint density at radius 1 is 1.17 bits per heavy atom. The van der Waals surface area contributed by atoms with Crippen molar-refractivity contribution in [3.63, 3.8) is 0 Å². The van der Waals surface area contributed by atoms with Crippen molar-refractivity contribution < 1.29 is 4.79 Å². The molecule has 5 heteroatoms. The average molecular weight is 347 g/mol. The van der Waals surface area contributed by atoms with Gasteiger partial charge in [0.25, 0.3) is 5.91 Å². The molecule has 1 aromatic carbocycles. The number of hydrogen-bond donors (Lipinski definition) is 1. The van der Waals surface area contributed by atoms with Gasteiger partial charge >= 0.3 is 0 Å². The predicted molar refractivity (Wildman–Crippen MR) is 97.4 cm³/mol. The van der Waals surface area contributed by atoms with Crippen molar-refractivity contribution >= 4 is 40.1 Å². The Hall–Kier alpha value is -1.65. The highest BCUT2D eigenvalue weighted by molar-refractivity contribution is 7.14. The molecule has 3 nitrogen and oxygen atoms in total. The summed E-state index contributed by atoms with van der Waals surface area (Å²) in [7, 11) is 0. The number of carbonyl (C=O) groups is 1. The smallest absolute Gasteiger partial charge is 0.254 e. The van der Waals surface area contributed by atoms with Gasteiger partial charge in [-0.25, -0.2) is 4.99 Å². The first-order valence-electron chi connectivity index (χ1n) is 7.90. The number of rotatable bonds is 4. The van der Waals surface area contributed by atoms with E-state index < -0.39 is 0 Å². The molecule has 1 heterocycles. The lowest BCUT2D eigenvalue weighted by Gasteiger charge is -2.22. The molecule has 0 atom stereocenters. The van der Waals surface area contributed by atoms with E-state index in [0.717, 1.165) is 23.4 Å². The molecule has 1 aromatic heterocycles. The van der Waals surface area contributed by atoms with E-state index in [1.807, 2.05) is 35.7 Å². The minimum absolute atomic E-state index is 0.0126.